The quantitative estimate of drug-likeness (QED) is 0.652. The average molecular weight is 266 g/mol. The van der Waals surface area contributed by atoms with Crippen molar-refractivity contribution < 1.29 is 9.90 Å². The first kappa shape index (κ1) is 15.7. The summed E-state index contributed by atoms with van der Waals surface area (Å²) in [5.41, 5.74) is 0.301. The van der Waals surface area contributed by atoms with Crippen LogP contribution < -0.4 is 0 Å². The molecule has 0 amide bonds. The number of hydrogen-bond donors (Lipinski definition) is 1. The Balaban J connectivity index is 2.52. The molecule has 1 N–H and O–H groups in total. The molecule has 1 aromatic heterocycles. The fourth-order valence-electron chi connectivity index (χ4n) is 2.50. The van der Waals surface area contributed by atoms with Crippen LogP contribution in [0.2, 0.25) is 0 Å². The van der Waals surface area contributed by atoms with Gasteiger partial charge in [-0.15, -0.1) is 0 Å². The predicted octanol–water partition coefficient (Wildman–Crippen LogP) is 3.97. The minimum Gasteiger partial charge on any atom is -0.477 e. The van der Waals surface area contributed by atoms with Gasteiger partial charge in [0.05, 0.1) is 0 Å². The molecule has 4 nitrogen and oxygen atoms in total. The molecular weight excluding hydrogens is 240 g/mol. The van der Waals surface area contributed by atoms with E-state index in [0.717, 1.165) is 19.4 Å². The summed E-state index contributed by atoms with van der Waals surface area (Å²) in [4.78, 5) is 11.1. The minimum atomic E-state index is -0.890. The molecule has 0 aliphatic rings. The molecule has 1 atom stereocenters. The molecule has 1 rings (SSSR count). The van der Waals surface area contributed by atoms with Crippen molar-refractivity contribution in [3.05, 3.63) is 18.0 Å². The summed E-state index contributed by atoms with van der Waals surface area (Å²) >= 11 is 0. The minimum absolute atomic E-state index is 0.301. The number of carbonyl (C=O) groups is 1. The van der Waals surface area contributed by atoms with E-state index in [1.54, 1.807) is 16.9 Å². The van der Waals surface area contributed by atoms with Gasteiger partial charge in [-0.1, -0.05) is 46.0 Å². The van der Waals surface area contributed by atoms with Crippen molar-refractivity contribution in [2.75, 3.05) is 0 Å². The highest BCUT2D eigenvalue weighted by atomic mass is 16.4. The van der Waals surface area contributed by atoms with Gasteiger partial charge in [0.2, 0.25) is 0 Å². The Labute approximate surface area is 115 Å². The predicted molar refractivity (Wildman–Crippen MR) is 76.3 cm³/mol. The molecule has 0 aliphatic heterocycles. The monoisotopic (exact) mass is 266 g/mol. The maximum atomic E-state index is 11.1. The second kappa shape index (κ2) is 8.73. The highest BCUT2D eigenvalue weighted by Crippen LogP contribution is 2.19. The third kappa shape index (κ3) is 5.45. The van der Waals surface area contributed by atoms with E-state index in [0.29, 0.717) is 11.6 Å². The van der Waals surface area contributed by atoms with Crippen LogP contribution in [0, 0.1) is 5.92 Å². The van der Waals surface area contributed by atoms with Gasteiger partial charge in [-0.05, 0) is 24.8 Å². The van der Waals surface area contributed by atoms with Crippen molar-refractivity contribution in [3.63, 3.8) is 0 Å². The summed E-state index contributed by atoms with van der Waals surface area (Å²) in [5, 5.41) is 13.2. The molecule has 108 valence electrons. The third-order valence-electron chi connectivity index (χ3n) is 3.53. The Kier molecular flexibility index (Phi) is 7.23. The van der Waals surface area contributed by atoms with Crippen LogP contribution in [0.15, 0.2) is 12.3 Å². The van der Waals surface area contributed by atoms with E-state index in [1.165, 1.54) is 32.1 Å². The summed E-state index contributed by atoms with van der Waals surface area (Å²) in [5.74, 6) is -0.349. The highest BCUT2D eigenvalue weighted by molar-refractivity contribution is 5.85. The van der Waals surface area contributed by atoms with E-state index in [4.69, 9.17) is 5.11 Å². The van der Waals surface area contributed by atoms with Crippen molar-refractivity contribution in [1.29, 1.82) is 0 Å². The van der Waals surface area contributed by atoms with E-state index >= 15 is 0 Å². The van der Waals surface area contributed by atoms with E-state index < -0.39 is 5.97 Å². The highest BCUT2D eigenvalue weighted by Gasteiger charge is 2.14. The lowest BCUT2D eigenvalue weighted by atomic mass is 9.96. The van der Waals surface area contributed by atoms with Crippen molar-refractivity contribution >= 4 is 5.97 Å². The maximum Gasteiger partial charge on any atom is 0.354 e. The molecule has 19 heavy (non-hydrogen) atoms. The number of rotatable bonds is 10. The van der Waals surface area contributed by atoms with Crippen LogP contribution in [0.25, 0.3) is 0 Å². The maximum absolute atomic E-state index is 11.1. The molecule has 0 saturated heterocycles. The molecule has 4 heteroatoms. The molecule has 1 unspecified atom stereocenters. The third-order valence-corrected chi connectivity index (χ3v) is 3.53. The van der Waals surface area contributed by atoms with Crippen molar-refractivity contribution in [2.45, 2.75) is 65.3 Å². The standard InChI is InChI=1S/C15H26N2O2/c1-3-5-6-7-9-13(8-4-2)12-17-14(15(18)19)10-11-16-17/h10-11,13H,3-9,12H2,1-2H3,(H,18,19). The van der Waals surface area contributed by atoms with Crippen LogP contribution in [0.1, 0.15) is 69.3 Å². The molecule has 0 saturated carbocycles. The number of unbranched alkanes of at least 4 members (excludes halogenated alkanes) is 3. The fourth-order valence-corrected chi connectivity index (χ4v) is 2.50. The zero-order chi connectivity index (χ0) is 14.1. The van der Waals surface area contributed by atoms with Gasteiger partial charge < -0.3 is 5.11 Å². The van der Waals surface area contributed by atoms with Crippen LogP contribution in [0.3, 0.4) is 0 Å². The van der Waals surface area contributed by atoms with Gasteiger partial charge in [-0.3, -0.25) is 4.68 Å². The van der Waals surface area contributed by atoms with Gasteiger partial charge in [0.1, 0.15) is 5.69 Å². The smallest absolute Gasteiger partial charge is 0.354 e. The molecule has 1 aromatic rings. The van der Waals surface area contributed by atoms with E-state index in [2.05, 4.69) is 18.9 Å². The Morgan fingerprint density at radius 3 is 2.68 bits per heavy atom. The van der Waals surface area contributed by atoms with Gasteiger partial charge in [-0.2, -0.15) is 5.10 Å². The summed E-state index contributed by atoms with van der Waals surface area (Å²) < 4.78 is 1.64. The average Bonchev–Trinajstić information content (AvgIpc) is 2.83. The molecule has 0 radical (unpaired) electrons. The van der Waals surface area contributed by atoms with Crippen molar-refractivity contribution in [3.8, 4) is 0 Å². The Hall–Kier alpha value is -1.32. The largest absolute Gasteiger partial charge is 0.477 e. The fraction of sp³-hybridized carbons (Fsp3) is 0.733. The SMILES string of the molecule is CCCCCCC(CCC)Cn1nccc1C(=O)O. The van der Waals surface area contributed by atoms with Gasteiger partial charge in [-0.25, -0.2) is 4.79 Å². The number of carboxylic acids is 1. The Bertz CT molecular complexity index is 374. The molecule has 1 heterocycles. The number of aromatic nitrogens is 2. The summed E-state index contributed by atoms with van der Waals surface area (Å²) in [6.45, 7) is 5.13. The summed E-state index contributed by atoms with van der Waals surface area (Å²) in [6, 6.07) is 1.57. The Morgan fingerprint density at radius 1 is 1.26 bits per heavy atom. The zero-order valence-electron chi connectivity index (χ0n) is 12.1. The van der Waals surface area contributed by atoms with Crippen LogP contribution >= 0.6 is 0 Å². The number of hydrogen-bond acceptors (Lipinski definition) is 2. The lowest BCUT2D eigenvalue weighted by molar-refractivity contribution is 0.0681. The first-order valence-corrected chi connectivity index (χ1v) is 7.44. The van der Waals surface area contributed by atoms with Crippen LogP contribution in [-0.4, -0.2) is 20.9 Å². The number of aromatic carboxylic acids is 1. The second-order valence-corrected chi connectivity index (χ2v) is 5.21. The van der Waals surface area contributed by atoms with Gasteiger partial charge in [0, 0.05) is 12.7 Å². The van der Waals surface area contributed by atoms with Crippen LogP contribution in [-0.2, 0) is 6.54 Å². The molecule has 0 aromatic carbocycles. The second-order valence-electron chi connectivity index (χ2n) is 5.21. The van der Waals surface area contributed by atoms with Crippen LogP contribution in [0.5, 0.6) is 0 Å². The number of carboxylic acid groups (broad SMARTS) is 1. The van der Waals surface area contributed by atoms with E-state index in [9.17, 15) is 4.79 Å². The first-order valence-electron chi connectivity index (χ1n) is 7.44. The molecule has 0 aliphatic carbocycles. The number of nitrogens with zero attached hydrogens (tertiary/aromatic N) is 2. The zero-order valence-corrected chi connectivity index (χ0v) is 12.1. The topological polar surface area (TPSA) is 55.1 Å². The van der Waals surface area contributed by atoms with Crippen LogP contribution in [0.4, 0.5) is 0 Å². The van der Waals surface area contributed by atoms with E-state index in [-0.39, 0.29) is 0 Å². The summed E-state index contributed by atoms with van der Waals surface area (Å²) in [7, 11) is 0. The molecule has 0 spiro atoms. The molecular formula is C15H26N2O2. The molecule has 0 bridgehead atoms. The lowest BCUT2D eigenvalue weighted by Crippen LogP contribution is -2.16. The Morgan fingerprint density at radius 2 is 2.05 bits per heavy atom. The van der Waals surface area contributed by atoms with E-state index in [1.807, 2.05) is 0 Å². The van der Waals surface area contributed by atoms with Gasteiger partial charge in [0.25, 0.3) is 0 Å². The van der Waals surface area contributed by atoms with Gasteiger partial charge in [0.15, 0.2) is 0 Å². The first-order chi connectivity index (χ1) is 9.19. The normalized spacial score (nSPS) is 12.5. The lowest BCUT2D eigenvalue weighted by Gasteiger charge is -2.17. The summed E-state index contributed by atoms with van der Waals surface area (Å²) in [6.07, 6.45) is 10.1. The van der Waals surface area contributed by atoms with Crippen molar-refractivity contribution in [2.24, 2.45) is 5.92 Å². The van der Waals surface area contributed by atoms with Crippen molar-refractivity contribution in [1.82, 2.24) is 9.78 Å². The van der Waals surface area contributed by atoms with Gasteiger partial charge >= 0.3 is 5.97 Å². The molecule has 0 fully saturated rings.